The van der Waals surface area contributed by atoms with E-state index in [-0.39, 0.29) is 5.78 Å². The highest BCUT2D eigenvalue weighted by atomic mass is 35.5. The normalized spacial score (nSPS) is 13.4. The highest BCUT2D eigenvalue weighted by Crippen LogP contribution is 2.36. The average molecular weight is 279 g/mol. The van der Waals surface area contributed by atoms with E-state index in [0.717, 1.165) is 0 Å². The molecule has 98 valence electrons. The van der Waals surface area contributed by atoms with Gasteiger partial charge in [-0.3, -0.25) is 4.79 Å². The second-order valence-electron chi connectivity index (χ2n) is 4.25. The molecule has 3 rings (SSSR count). The van der Waals surface area contributed by atoms with Crippen LogP contribution in [0.15, 0.2) is 28.9 Å². The third-order valence-electron chi connectivity index (χ3n) is 2.87. The summed E-state index contributed by atoms with van der Waals surface area (Å²) in [6, 6.07) is 4.90. The summed E-state index contributed by atoms with van der Waals surface area (Å²) in [5.41, 5.74) is 0.850. The van der Waals surface area contributed by atoms with E-state index < -0.39 is 0 Å². The van der Waals surface area contributed by atoms with Crippen molar-refractivity contribution in [1.82, 2.24) is 0 Å². The maximum absolute atomic E-state index is 12.3. The lowest BCUT2D eigenvalue weighted by molar-refractivity contribution is 0.103. The van der Waals surface area contributed by atoms with Gasteiger partial charge in [-0.05, 0) is 19.1 Å². The van der Waals surface area contributed by atoms with Crippen LogP contribution < -0.4 is 9.47 Å². The molecule has 1 aromatic carbocycles. The number of hydrogen-bond donors (Lipinski definition) is 0. The number of ether oxygens (including phenoxy) is 2. The zero-order valence-corrected chi connectivity index (χ0v) is 11.0. The minimum absolute atomic E-state index is 0.196. The Hall–Kier alpha value is -1.94. The number of hydrogen-bond acceptors (Lipinski definition) is 4. The van der Waals surface area contributed by atoms with E-state index in [1.54, 1.807) is 25.1 Å². The van der Waals surface area contributed by atoms with Crippen molar-refractivity contribution in [1.29, 1.82) is 0 Å². The molecule has 0 N–H and O–H groups in total. The summed E-state index contributed by atoms with van der Waals surface area (Å²) < 4.78 is 16.0. The first-order chi connectivity index (χ1) is 9.15. The number of aryl methyl sites for hydroxylation is 1. The lowest BCUT2D eigenvalue weighted by atomic mass is 10.0. The minimum atomic E-state index is -0.196. The quantitative estimate of drug-likeness (QED) is 0.791. The molecule has 0 saturated heterocycles. The van der Waals surface area contributed by atoms with E-state index in [1.807, 2.05) is 0 Å². The molecule has 2 heterocycles. The number of ketones is 1. The van der Waals surface area contributed by atoms with E-state index in [4.69, 9.17) is 25.5 Å². The van der Waals surface area contributed by atoms with Crippen LogP contribution in [0.3, 0.4) is 0 Å². The van der Waals surface area contributed by atoms with E-state index in [0.29, 0.717) is 46.6 Å². The van der Waals surface area contributed by atoms with Gasteiger partial charge in [0.1, 0.15) is 25.2 Å². The van der Waals surface area contributed by atoms with Crippen LogP contribution in [0.25, 0.3) is 0 Å². The summed E-state index contributed by atoms with van der Waals surface area (Å²) in [5.74, 6) is 1.59. The van der Waals surface area contributed by atoms with E-state index in [9.17, 15) is 4.79 Å². The molecule has 5 heteroatoms. The number of halogens is 1. The fourth-order valence-corrected chi connectivity index (χ4v) is 2.20. The highest BCUT2D eigenvalue weighted by molar-refractivity contribution is 6.35. The molecular weight excluding hydrogens is 268 g/mol. The largest absolute Gasteiger partial charge is 0.486 e. The molecule has 4 nitrogen and oxygen atoms in total. The van der Waals surface area contributed by atoms with Crippen LogP contribution in [0, 0.1) is 6.92 Å². The predicted molar refractivity (Wildman–Crippen MR) is 69.3 cm³/mol. The number of fused-ring (bicyclic) bond motifs is 1. The highest BCUT2D eigenvalue weighted by Gasteiger charge is 2.20. The monoisotopic (exact) mass is 278 g/mol. The Kier molecular flexibility index (Phi) is 2.95. The second kappa shape index (κ2) is 4.63. The van der Waals surface area contributed by atoms with Gasteiger partial charge in [-0.15, -0.1) is 0 Å². The lowest BCUT2D eigenvalue weighted by Gasteiger charge is -2.19. The maximum atomic E-state index is 12.3. The summed E-state index contributed by atoms with van der Waals surface area (Å²) in [6.07, 6.45) is 1.42. The molecule has 0 bridgehead atoms. The third-order valence-corrected chi connectivity index (χ3v) is 3.18. The number of furan rings is 1. The summed E-state index contributed by atoms with van der Waals surface area (Å²) in [6.45, 7) is 2.73. The van der Waals surface area contributed by atoms with Crippen LogP contribution in [0.5, 0.6) is 11.5 Å². The summed E-state index contributed by atoms with van der Waals surface area (Å²) in [5, 5.41) is 0.341. The summed E-state index contributed by atoms with van der Waals surface area (Å²) in [4.78, 5) is 12.3. The van der Waals surface area contributed by atoms with Crippen molar-refractivity contribution in [3.63, 3.8) is 0 Å². The Morgan fingerprint density at radius 1 is 1.16 bits per heavy atom. The first kappa shape index (κ1) is 12.1. The molecule has 1 aliphatic rings. The van der Waals surface area contributed by atoms with Crippen molar-refractivity contribution in [3.05, 3.63) is 46.4 Å². The van der Waals surface area contributed by atoms with Crippen LogP contribution in [0.1, 0.15) is 21.7 Å². The van der Waals surface area contributed by atoms with E-state index in [1.165, 1.54) is 6.26 Å². The van der Waals surface area contributed by atoms with Gasteiger partial charge in [0.2, 0.25) is 0 Å². The maximum Gasteiger partial charge on any atom is 0.197 e. The Labute approximate surface area is 114 Å². The van der Waals surface area contributed by atoms with Gasteiger partial charge in [0.25, 0.3) is 0 Å². The number of carbonyl (C=O) groups excluding carboxylic acids is 1. The summed E-state index contributed by atoms with van der Waals surface area (Å²) >= 11 is 6.13. The van der Waals surface area contributed by atoms with Crippen molar-refractivity contribution in [3.8, 4) is 11.5 Å². The van der Waals surface area contributed by atoms with E-state index in [2.05, 4.69) is 0 Å². The molecule has 1 aromatic heterocycles. The van der Waals surface area contributed by atoms with Gasteiger partial charge in [0, 0.05) is 11.6 Å². The van der Waals surface area contributed by atoms with Gasteiger partial charge in [0.05, 0.1) is 10.6 Å². The fraction of sp³-hybridized carbons (Fsp3) is 0.214. The third kappa shape index (κ3) is 2.19. The summed E-state index contributed by atoms with van der Waals surface area (Å²) in [7, 11) is 0. The molecule has 19 heavy (non-hydrogen) atoms. The van der Waals surface area contributed by atoms with Gasteiger partial charge in [-0.25, -0.2) is 0 Å². The van der Waals surface area contributed by atoms with Crippen molar-refractivity contribution in [2.75, 3.05) is 13.2 Å². The second-order valence-corrected chi connectivity index (χ2v) is 4.66. The Morgan fingerprint density at radius 2 is 1.84 bits per heavy atom. The Balaban J connectivity index is 2.03. The van der Waals surface area contributed by atoms with Crippen LogP contribution in [-0.2, 0) is 0 Å². The average Bonchev–Trinajstić information content (AvgIpc) is 2.84. The molecule has 0 saturated carbocycles. The molecule has 1 aliphatic heterocycles. The minimum Gasteiger partial charge on any atom is -0.486 e. The van der Waals surface area contributed by atoms with Crippen LogP contribution >= 0.6 is 11.6 Å². The zero-order valence-electron chi connectivity index (χ0n) is 10.2. The van der Waals surface area contributed by atoms with Crippen molar-refractivity contribution in [2.45, 2.75) is 6.92 Å². The van der Waals surface area contributed by atoms with Crippen molar-refractivity contribution in [2.24, 2.45) is 0 Å². The molecule has 0 unspecified atom stereocenters. The smallest absolute Gasteiger partial charge is 0.197 e. The predicted octanol–water partition coefficient (Wildman–Crippen LogP) is 3.24. The Bertz CT molecular complexity index is 645. The van der Waals surface area contributed by atoms with Gasteiger partial charge in [-0.2, -0.15) is 0 Å². The Morgan fingerprint density at radius 3 is 2.47 bits per heavy atom. The van der Waals surface area contributed by atoms with Gasteiger partial charge in [0.15, 0.2) is 17.3 Å². The molecule has 0 amide bonds. The molecule has 0 aliphatic carbocycles. The van der Waals surface area contributed by atoms with Crippen molar-refractivity contribution < 1.29 is 18.7 Å². The van der Waals surface area contributed by atoms with Gasteiger partial charge >= 0.3 is 0 Å². The molecular formula is C14H11ClO4. The first-order valence-electron chi connectivity index (χ1n) is 5.84. The zero-order chi connectivity index (χ0) is 13.4. The van der Waals surface area contributed by atoms with Crippen LogP contribution in [0.4, 0.5) is 0 Å². The lowest BCUT2D eigenvalue weighted by Crippen LogP contribution is -2.16. The molecule has 0 radical (unpaired) electrons. The van der Waals surface area contributed by atoms with Crippen LogP contribution in [-0.4, -0.2) is 19.0 Å². The fourth-order valence-electron chi connectivity index (χ4n) is 1.96. The SMILES string of the molecule is Cc1cc(C(=O)c2cc3c(cc2Cl)OCCO3)co1. The first-order valence-corrected chi connectivity index (χ1v) is 6.22. The molecule has 2 aromatic rings. The number of carbonyl (C=O) groups is 1. The number of benzene rings is 1. The van der Waals surface area contributed by atoms with Gasteiger partial charge < -0.3 is 13.9 Å². The molecule has 0 spiro atoms. The topological polar surface area (TPSA) is 48.7 Å². The number of rotatable bonds is 2. The van der Waals surface area contributed by atoms with Crippen molar-refractivity contribution >= 4 is 17.4 Å². The van der Waals surface area contributed by atoms with E-state index >= 15 is 0 Å². The molecule has 0 atom stereocenters. The van der Waals surface area contributed by atoms with Gasteiger partial charge in [-0.1, -0.05) is 11.6 Å². The molecule has 0 fully saturated rings. The standard InChI is InChI=1S/C14H11ClO4/c1-8-4-9(7-19-8)14(16)10-5-12-13(6-11(10)15)18-3-2-17-12/h4-7H,2-3H2,1H3. The van der Waals surface area contributed by atoms with Crippen LogP contribution in [0.2, 0.25) is 5.02 Å².